The van der Waals surface area contributed by atoms with Crippen LogP contribution in [-0.2, 0) is 11.3 Å². The summed E-state index contributed by atoms with van der Waals surface area (Å²) in [5, 5.41) is 0.802. The predicted molar refractivity (Wildman–Crippen MR) is 107 cm³/mol. The van der Waals surface area contributed by atoms with Crippen LogP contribution in [0.2, 0.25) is 0 Å². The van der Waals surface area contributed by atoms with E-state index in [2.05, 4.69) is 9.72 Å². The minimum atomic E-state index is -4.83. The van der Waals surface area contributed by atoms with Crippen molar-refractivity contribution in [3.8, 4) is 5.75 Å². The molecule has 1 unspecified atom stereocenters. The third-order valence-corrected chi connectivity index (χ3v) is 4.97. The van der Waals surface area contributed by atoms with Crippen LogP contribution in [0.1, 0.15) is 12.5 Å². The number of imide groups is 1. The van der Waals surface area contributed by atoms with E-state index in [1.54, 1.807) is 19.1 Å². The molecule has 10 heteroatoms. The number of carbonyl (C=O) groups excluding carboxylic acids is 2. The molecule has 2 aromatic carbocycles. The zero-order chi connectivity index (χ0) is 22.3. The fourth-order valence-electron chi connectivity index (χ4n) is 3.53. The molecule has 0 saturated carbocycles. The lowest BCUT2D eigenvalue weighted by Gasteiger charge is -2.20. The fraction of sp³-hybridized carbons (Fsp3) is 0.190. The molecule has 160 valence electrons. The van der Waals surface area contributed by atoms with E-state index in [1.165, 1.54) is 17.0 Å². The van der Waals surface area contributed by atoms with Gasteiger partial charge in [-0.3, -0.25) is 4.79 Å². The maximum absolute atomic E-state index is 13.0. The largest absolute Gasteiger partial charge is 0.573 e. The molecule has 0 aliphatic carbocycles. The van der Waals surface area contributed by atoms with Gasteiger partial charge in [-0.1, -0.05) is 18.2 Å². The van der Waals surface area contributed by atoms with Crippen LogP contribution in [0.5, 0.6) is 5.75 Å². The molecule has 1 fully saturated rings. The van der Waals surface area contributed by atoms with E-state index in [1.807, 2.05) is 18.2 Å². The lowest BCUT2D eigenvalue weighted by atomic mass is 10.1. The molecule has 2 N–H and O–H groups in total. The van der Waals surface area contributed by atoms with E-state index in [0.717, 1.165) is 28.0 Å². The van der Waals surface area contributed by atoms with Gasteiger partial charge >= 0.3 is 12.4 Å². The quantitative estimate of drug-likeness (QED) is 0.631. The van der Waals surface area contributed by atoms with Gasteiger partial charge in [0.1, 0.15) is 17.6 Å². The number of benzene rings is 2. The van der Waals surface area contributed by atoms with Gasteiger partial charge in [0.25, 0.3) is 5.91 Å². The number of alkyl halides is 3. The molecule has 31 heavy (non-hydrogen) atoms. The van der Waals surface area contributed by atoms with Gasteiger partial charge in [0.05, 0.1) is 11.2 Å². The summed E-state index contributed by atoms with van der Waals surface area (Å²) in [7, 11) is 0. The minimum Gasteiger partial charge on any atom is -0.406 e. The predicted octanol–water partition coefficient (Wildman–Crippen LogP) is 4.07. The molecule has 1 aromatic heterocycles. The van der Waals surface area contributed by atoms with Crippen LogP contribution < -0.4 is 15.4 Å². The highest BCUT2D eigenvalue weighted by atomic mass is 19.4. The van der Waals surface area contributed by atoms with Crippen molar-refractivity contribution < 1.29 is 27.5 Å². The Kier molecular flexibility index (Phi) is 4.92. The Morgan fingerprint density at radius 1 is 1.10 bits per heavy atom. The number of nitrogen functional groups attached to an aromatic ring is 1. The van der Waals surface area contributed by atoms with Gasteiger partial charge in [-0.15, -0.1) is 13.2 Å². The Morgan fingerprint density at radius 3 is 2.45 bits per heavy atom. The number of nitrogens with two attached hydrogens (primary N) is 1. The van der Waals surface area contributed by atoms with Crippen LogP contribution in [0.4, 0.5) is 29.5 Å². The third-order valence-electron chi connectivity index (χ3n) is 4.97. The molecule has 1 atom stereocenters. The normalized spacial score (nSPS) is 17.0. The molecule has 0 radical (unpaired) electrons. The van der Waals surface area contributed by atoms with Crippen LogP contribution in [0.25, 0.3) is 10.9 Å². The van der Waals surface area contributed by atoms with E-state index >= 15 is 0 Å². The second kappa shape index (κ2) is 7.46. The summed E-state index contributed by atoms with van der Waals surface area (Å²) < 4.78 is 40.9. The van der Waals surface area contributed by atoms with Gasteiger partial charge in [0.15, 0.2) is 0 Å². The highest BCUT2D eigenvalue weighted by Gasteiger charge is 2.43. The Hall–Kier alpha value is -3.82. The number of pyridine rings is 1. The Balaban J connectivity index is 1.61. The Labute approximate surface area is 174 Å². The summed E-state index contributed by atoms with van der Waals surface area (Å²) in [5.41, 5.74) is 7.43. The number of rotatable bonds is 4. The van der Waals surface area contributed by atoms with Crippen molar-refractivity contribution in [3.63, 3.8) is 0 Å². The molecule has 1 aliphatic heterocycles. The molecule has 1 saturated heterocycles. The molecule has 0 spiro atoms. The summed E-state index contributed by atoms with van der Waals surface area (Å²) >= 11 is 0. The standard InChI is InChI=1S/C21H17F3N4O3/c1-12-19(29)28(14-6-8-15(9-7-14)31-21(22,23)24)20(30)27(12)11-13-10-18(25)26-17-5-3-2-4-16(13)17/h2-10,12H,11H2,1H3,(H2,25,26). The smallest absolute Gasteiger partial charge is 0.406 e. The molecular weight excluding hydrogens is 413 g/mol. The molecule has 7 nitrogen and oxygen atoms in total. The van der Waals surface area contributed by atoms with Crippen molar-refractivity contribution in [1.82, 2.24) is 9.88 Å². The van der Waals surface area contributed by atoms with Crippen LogP contribution in [0, 0.1) is 0 Å². The van der Waals surface area contributed by atoms with E-state index in [-0.39, 0.29) is 18.1 Å². The van der Waals surface area contributed by atoms with Crippen molar-refractivity contribution in [2.24, 2.45) is 0 Å². The number of nitrogens with zero attached hydrogens (tertiary/aromatic N) is 3. The van der Waals surface area contributed by atoms with Crippen LogP contribution in [0.15, 0.2) is 54.6 Å². The summed E-state index contributed by atoms with van der Waals surface area (Å²) in [6, 6.07) is 12.2. The van der Waals surface area contributed by atoms with Crippen molar-refractivity contribution in [2.75, 3.05) is 10.6 Å². The summed E-state index contributed by atoms with van der Waals surface area (Å²) in [6.07, 6.45) is -4.83. The molecule has 1 aliphatic rings. The SMILES string of the molecule is CC1C(=O)N(c2ccc(OC(F)(F)F)cc2)C(=O)N1Cc1cc(N)nc2ccccc12. The zero-order valence-corrected chi connectivity index (χ0v) is 16.3. The maximum Gasteiger partial charge on any atom is 0.573 e. The second-order valence-corrected chi connectivity index (χ2v) is 7.03. The molecule has 2 heterocycles. The first-order valence-corrected chi connectivity index (χ1v) is 9.28. The number of carbonyl (C=O) groups is 2. The second-order valence-electron chi connectivity index (χ2n) is 7.03. The van der Waals surface area contributed by atoms with Gasteiger partial charge in [-0.25, -0.2) is 14.7 Å². The van der Waals surface area contributed by atoms with Crippen molar-refractivity contribution in [2.45, 2.75) is 25.9 Å². The number of urea groups is 1. The molecule has 0 bridgehead atoms. The highest BCUT2D eigenvalue weighted by molar-refractivity contribution is 6.21. The lowest BCUT2D eigenvalue weighted by molar-refractivity contribution is -0.274. The molecule has 3 amide bonds. The third kappa shape index (κ3) is 3.96. The number of halogens is 3. The summed E-state index contributed by atoms with van der Waals surface area (Å²) in [6.45, 7) is 1.71. The van der Waals surface area contributed by atoms with E-state index in [9.17, 15) is 22.8 Å². The summed E-state index contributed by atoms with van der Waals surface area (Å²) in [5.74, 6) is -0.642. The lowest BCUT2D eigenvalue weighted by Crippen LogP contribution is -2.33. The number of aromatic nitrogens is 1. The fourth-order valence-corrected chi connectivity index (χ4v) is 3.53. The molecular formula is C21H17F3N4O3. The van der Waals surface area contributed by atoms with E-state index < -0.39 is 30.1 Å². The molecule has 4 rings (SSSR count). The van der Waals surface area contributed by atoms with E-state index in [0.29, 0.717) is 5.52 Å². The van der Waals surface area contributed by atoms with Gasteiger partial charge in [0.2, 0.25) is 0 Å². The zero-order valence-electron chi connectivity index (χ0n) is 16.3. The highest BCUT2D eigenvalue weighted by Crippen LogP contribution is 2.31. The Bertz CT molecular complexity index is 1160. The van der Waals surface area contributed by atoms with Gasteiger partial charge in [-0.2, -0.15) is 0 Å². The average molecular weight is 430 g/mol. The average Bonchev–Trinajstić information content (AvgIpc) is 2.91. The van der Waals surface area contributed by atoms with Gasteiger partial charge in [-0.05, 0) is 48.9 Å². The maximum atomic E-state index is 13.0. The van der Waals surface area contributed by atoms with Crippen LogP contribution >= 0.6 is 0 Å². The topological polar surface area (TPSA) is 88.8 Å². The number of hydrogen-bond donors (Lipinski definition) is 1. The number of ether oxygens (including phenoxy) is 1. The number of hydrogen-bond acceptors (Lipinski definition) is 5. The molecule has 3 aromatic rings. The first-order valence-electron chi connectivity index (χ1n) is 9.28. The monoisotopic (exact) mass is 430 g/mol. The number of anilines is 2. The van der Waals surface area contributed by atoms with Crippen LogP contribution in [-0.4, -0.2) is 34.2 Å². The number of fused-ring (bicyclic) bond motifs is 1. The Morgan fingerprint density at radius 2 is 1.77 bits per heavy atom. The minimum absolute atomic E-state index is 0.116. The first kappa shape index (κ1) is 20.5. The van der Waals surface area contributed by atoms with Gasteiger partial charge < -0.3 is 15.4 Å². The number of amides is 3. The number of para-hydroxylation sites is 1. The first-order chi connectivity index (χ1) is 14.6. The van der Waals surface area contributed by atoms with Crippen molar-refractivity contribution in [3.05, 3.63) is 60.2 Å². The van der Waals surface area contributed by atoms with Crippen LogP contribution in [0.3, 0.4) is 0 Å². The van der Waals surface area contributed by atoms with Crippen molar-refractivity contribution in [1.29, 1.82) is 0 Å². The van der Waals surface area contributed by atoms with E-state index in [4.69, 9.17) is 5.73 Å². The van der Waals surface area contributed by atoms with Crippen molar-refractivity contribution >= 4 is 34.3 Å². The summed E-state index contributed by atoms with van der Waals surface area (Å²) in [4.78, 5) is 32.4. The van der Waals surface area contributed by atoms with Gasteiger partial charge in [0, 0.05) is 11.9 Å².